The van der Waals surface area contributed by atoms with Gasteiger partial charge in [-0.05, 0) is 5.73 Å². The van der Waals surface area contributed by atoms with Gasteiger partial charge in [0.25, 0.3) is 0 Å². The smallest absolute Gasteiger partial charge is 0.202 e. The van der Waals surface area contributed by atoms with E-state index in [9.17, 15) is 13.2 Å². The average Bonchev–Trinajstić information content (AvgIpc) is 1.63. The first-order valence-corrected chi connectivity index (χ1v) is 2.24. The zero-order chi connectivity index (χ0) is 7.28. The lowest BCUT2D eigenvalue weighted by molar-refractivity contribution is 0.420. The number of halogens is 3. The Morgan fingerprint density at radius 1 is 1.44 bits per heavy atom. The third kappa shape index (κ3) is 4.91. The molecule has 0 aliphatic rings. The van der Waals surface area contributed by atoms with Crippen LogP contribution in [-0.2, 0) is 0 Å². The van der Waals surface area contributed by atoms with Crippen LogP contribution < -0.4 is 0 Å². The van der Waals surface area contributed by atoms with E-state index in [1.54, 1.807) is 0 Å². The first kappa shape index (κ1) is 8.05. The lowest BCUT2D eigenvalue weighted by Crippen LogP contribution is -1.64. The number of rotatable bonds is 2. The van der Waals surface area contributed by atoms with Gasteiger partial charge >= 0.3 is 6.08 Å². The van der Waals surface area contributed by atoms with Gasteiger partial charge in [-0.3, -0.25) is 0 Å². The van der Waals surface area contributed by atoms with E-state index < -0.39 is 11.9 Å². The predicted octanol–water partition coefficient (Wildman–Crippen LogP) is 2.80. The molecule has 0 rings (SSSR count). The van der Waals surface area contributed by atoms with E-state index in [2.05, 4.69) is 6.58 Å². The standard InChI is InChI=1S/C6H5F3/c1-2-3-5(7)4-6(8)9/h2H,1,3H2. The van der Waals surface area contributed by atoms with Crippen molar-refractivity contribution in [2.24, 2.45) is 0 Å². The molecule has 0 nitrogen and oxygen atoms in total. The van der Waals surface area contributed by atoms with Gasteiger partial charge in [-0.2, -0.15) is 8.78 Å². The maximum Gasteiger partial charge on any atom is 0.315 e. The van der Waals surface area contributed by atoms with E-state index in [4.69, 9.17) is 0 Å². The fourth-order valence-corrected chi connectivity index (χ4v) is 0.280. The minimum atomic E-state index is -2.14. The van der Waals surface area contributed by atoms with Crippen LogP contribution in [0.3, 0.4) is 0 Å². The molecule has 3 heteroatoms. The minimum absolute atomic E-state index is 0.197. The van der Waals surface area contributed by atoms with Crippen molar-refractivity contribution in [1.29, 1.82) is 0 Å². The lowest BCUT2D eigenvalue weighted by Gasteiger charge is -1.79. The van der Waals surface area contributed by atoms with Gasteiger partial charge in [0.15, 0.2) is 5.83 Å². The highest BCUT2D eigenvalue weighted by Gasteiger charge is 1.89. The summed E-state index contributed by atoms with van der Waals surface area (Å²) in [6.07, 6.45) is -1.16. The fourth-order valence-electron chi connectivity index (χ4n) is 0.280. The van der Waals surface area contributed by atoms with Gasteiger partial charge in [-0.25, -0.2) is 4.39 Å². The summed E-state index contributed by atoms with van der Waals surface area (Å²) in [5, 5.41) is 0. The molecule has 0 aromatic rings. The Balaban J connectivity index is 4.15. The summed E-state index contributed by atoms with van der Waals surface area (Å²) in [4.78, 5) is 0. The Morgan fingerprint density at radius 2 is 2.00 bits per heavy atom. The average molecular weight is 134 g/mol. The number of hydrogen-bond donors (Lipinski definition) is 0. The van der Waals surface area contributed by atoms with Crippen molar-refractivity contribution in [2.75, 3.05) is 0 Å². The summed E-state index contributed by atoms with van der Waals surface area (Å²) in [5.74, 6) is -0.995. The molecule has 0 amide bonds. The summed E-state index contributed by atoms with van der Waals surface area (Å²) in [6.45, 7) is 3.15. The first-order chi connectivity index (χ1) is 4.16. The van der Waals surface area contributed by atoms with Crippen LogP contribution in [0, 0.1) is 0 Å². The van der Waals surface area contributed by atoms with Crippen LogP contribution in [0.4, 0.5) is 13.2 Å². The minimum Gasteiger partial charge on any atom is -0.202 e. The summed E-state index contributed by atoms with van der Waals surface area (Å²) in [6, 6.07) is 0. The number of allylic oxidation sites excluding steroid dienone is 2. The molecule has 0 bridgehead atoms. The molecule has 0 saturated carbocycles. The highest BCUT2D eigenvalue weighted by molar-refractivity contribution is 4.97. The van der Waals surface area contributed by atoms with Crippen LogP contribution in [0.2, 0.25) is 0 Å². The zero-order valence-electron chi connectivity index (χ0n) is 4.63. The van der Waals surface area contributed by atoms with Crippen molar-refractivity contribution in [1.82, 2.24) is 0 Å². The SMILES string of the molecule is C=CCC(F)=C=C(F)F. The molecule has 0 heterocycles. The van der Waals surface area contributed by atoms with E-state index in [1.165, 1.54) is 11.8 Å². The van der Waals surface area contributed by atoms with Crippen LogP contribution >= 0.6 is 0 Å². The number of hydrogen-bond acceptors (Lipinski definition) is 0. The first-order valence-electron chi connectivity index (χ1n) is 2.24. The third-order valence-corrected chi connectivity index (χ3v) is 0.554. The maximum atomic E-state index is 11.9. The lowest BCUT2D eigenvalue weighted by atomic mass is 10.4. The molecule has 0 aliphatic carbocycles. The van der Waals surface area contributed by atoms with E-state index in [-0.39, 0.29) is 6.42 Å². The molecule has 0 unspecified atom stereocenters. The van der Waals surface area contributed by atoms with Crippen molar-refractivity contribution in [2.45, 2.75) is 6.42 Å². The van der Waals surface area contributed by atoms with Gasteiger partial charge in [0.05, 0.1) is 0 Å². The Kier molecular flexibility index (Phi) is 3.56. The van der Waals surface area contributed by atoms with Crippen molar-refractivity contribution in [3.05, 3.63) is 30.3 Å². The molecule has 0 aliphatic heterocycles. The van der Waals surface area contributed by atoms with Crippen molar-refractivity contribution in [3.8, 4) is 0 Å². The van der Waals surface area contributed by atoms with Gasteiger partial charge in [0.2, 0.25) is 0 Å². The molecule has 0 radical (unpaired) electrons. The molecular weight excluding hydrogens is 129 g/mol. The van der Waals surface area contributed by atoms with Crippen molar-refractivity contribution >= 4 is 0 Å². The normalized spacial score (nSPS) is 7.89. The van der Waals surface area contributed by atoms with Crippen LogP contribution in [0.25, 0.3) is 0 Å². The molecule has 0 saturated heterocycles. The van der Waals surface area contributed by atoms with Gasteiger partial charge in [-0.1, -0.05) is 6.08 Å². The topological polar surface area (TPSA) is 0 Å². The second kappa shape index (κ2) is 3.98. The van der Waals surface area contributed by atoms with Crippen molar-refractivity contribution < 1.29 is 13.2 Å². The van der Waals surface area contributed by atoms with Gasteiger partial charge in [-0.15, -0.1) is 6.58 Å². The molecule has 9 heavy (non-hydrogen) atoms. The van der Waals surface area contributed by atoms with Crippen molar-refractivity contribution in [3.63, 3.8) is 0 Å². The predicted molar refractivity (Wildman–Crippen MR) is 28.7 cm³/mol. The molecule has 50 valence electrons. The molecule has 0 aromatic heterocycles. The highest BCUT2D eigenvalue weighted by atomic mass is 19.3. The maximum absolute atomic E-state index is 11.9. The second-order valence-corrected chi connectivity index (χ2v) is 1.28. The molecule has 0 fully saturated rings. The monoisotopic (exact) mass is 134 g/mol. The van der Waals surface area contributed by atoms with Crippen LogP contribution in [0.1, 0.15) is 6.42 Å². The third-order valence-electron chi connectivity index (χ3n) is 0.554. The van der Waals surface area contributed by atoms with Crippen LogP contribution in [0.5, 0.6) is 0 Å². The quantitative estimate of drug-likeness (QED) is 0.402. The van der Waals surface area contributed by atoms with E-state index in [0.29, 0.717) is 0 Å². The van der Waals surface area contributed by atoms with E-state index in [1.807, 2.05) is 0 Å². The molecular formula is C6H5F3. The van der Waals surface area contributed by atoms with E-state index in [0.717, 1.165) is 0 Å². The Labute approximate surface area is 51.0 Å². The highest BCUT2D eigenvalue weighted by Crippen LogP contribution is 2.03. The summed E-state index contributed by atoms with van der Waals surface area (Å²) in [7, 11) is 0. The summed E-state index contributed by atoms with van der Waals surface area (Å²) in [5.41, 5.74) is 1.21. The Hall–Kier alpha value is -0.950. The molecule has 0 spiro atoms. The molecule has 0 aromatic carbocycles. The van der Waals surface area contributed by atoms with Crippen LogP contribution in [-0.4, -0.2) is 0 Å². The molecule has 0 N–H and O–H groups in total. The summed E-state index contributed by atoms with van der Waals surface area (Å²) < 4.78 is 34.1. The summed E-state index contributed by atoms with van der Waals surface area (Å²) >= 11 is 0. The Morgan fingerprint density at radius 3 is 2.33 bits per heavy atom. The van der Waals surface area contributed by atoms with Gasteiger partial charge in [0.1, 0.15) is 0 Å². The Bertz CT molecular complexity index is 159. The zero-order valence-corrected chi connectivity index (χ0v) is 4.63. The van der Waals surface area contributed by atoms with Gasteiger partial charge in [0, 0.05) is 6.42 Å². The fraction of sp³-hybridized carbons (Fsp3) is 0.167. The largest absolute Gasteiger partial charge is 0.315 e. The second-order valence-electron chi connectivity index (χ2n) is 1.28. The van der Waals surface area contributed by atoms with Crippen LogP contribution in [0.15, 0.2) is 30.3 Å². The molecule has 0 atom stereocenters. The van der Waals surface area contributed by atoms with Gasteiger partial charge < -0.3 is 0 Å². The van der Waals surface area contributed by atoms with E-state index >= 15 is 0 Å².